The molecule has 0 N–H and O–H groups in total. The van der Waals surface area contributed by atoms with E-state index < -0.39 is 10.0 Å². The Kier molecular flexibility index (Phi) is 5.64. The second-order valence-corrected chi connectivity index (χ2v) is 6.78. The predicted octanol–water partition coefficient (Wildman–Crippen LogP) is 3.77. The van der Waals surface area contributed by atoms with Gasteiger partial charge in [-0.1, -0.05) is 37.0 Å². The molecule has 106 valence electrons. The molecule has 0 saturated heterocycles. The smallest absolute Gasteiger partial charge is 0.285 e. The van der Waals surface area contributed by atoms with Gasteiger partial charge in [0.15, 0.2) is 5.90 Å². The Labute approximate surface area is 123 Å². The average Bonchev–Trinajstić information content (AvgIpc) is 2.29. The molecule has 1 aromatic rings. The van der Waals surface area contributed by atoms with E-state index in [1.165, 1.54) is 25.1 Å². The number of sulfonamides is 1. The van der Waals surface area contributed by atoms with E-state index >= 15 is 0 Å². The van der Waals surface area contributed by atoms with Gasteiger partial charge in [-0.3, -0.25) is 0 Å². The van der Waals surface area contributed by atoms with Gasteiger partial charge in [0.1, 0.15) is 0 Å². The highest BCUT2D eigenvalue weighted by molar-refractivity contribution is 7.90. The number of benzene rings is 1. The summed E-state index contributed by atoms with van der Waals surface area (Å²) >= 11 is 11.5. The van der Waals surface area contributed by atoms with Crippen LogP contribution in [0.1, 0.15) is 20.8 Å². The maximum Gasteiger partial charge on any atom is 0.285 e. The maximum atomic E-state index is 12.0. The van der Waals surface area contributed by atoms with Crippen LogP contribution in [0.25, 0.3) is 0 Å². The molecular weight excluding hydrogens is 309 g/mol. The lowest BCUT2D eigenvalue weighted by Gasteiger charge is -2.08. The highest BCUT2D eigenvalue weighted by Gasteiger charge is 2.15. The molecule has 1 aromatic carbocycles. The van der Waals surface area contributed by atoms with Crippen LogP contribution in [0.5, 0.6) is 0 Å². The summed E-state index contributed by atoms with van der Waals surface area (Å²) in [6, 6.07) is 4.03. The molecule has 0 aromatic heterocycles. The second kappa shape index (κ2) is 6.59. The topological polar surface area (TPSA) is 55.7 Å². The van der Waals surface area contributed by atoms with Gasteiger partial charge in [0.05, 0.1) is 21.5 Å². The monoisotopic (exact) mass is 323 g/mol. The fourth-order valence-corrected chi connectivity index (χ4v) is 2.54. The van der Waals surface area contributed by atoms with Crippen molar-refractivity contribution in [3.05, 3.63) is 28.2 Å². The van der Waals surface area contributed by atoms with E-state index in [0.717, 1.165) is 0 Å². The largest absolute Gasteiger partial charge is 0.480 e. The van der Waals surface area contributed by atoms with Crippen molar-refractivity contribution in [2.24, 2.45) is 10.3 Å². The molecule has 7 heteroatoms. The minimum atomic E-state index is -3.83. The van der Waals surface area contributed by atoms with Gasteiger partial charge in [-0.05, 0) is 24.1 Å². The van der Waals surface area contributed by atoms with Crippen molar-refractivity contribution < 1.29 is 13.2 Å². The molecule has 19 heavy (non-hydrogen) atoms. The molecule has 0 aliphatic carbocycles. The Morgan fingerprint density at radius 1 is 1.32 bits per heavy atom. The Bertz CT molecular complexity index is 583. The first-order valence-corrected chi connectivity index (χ1v) is 7.81. The van der Waals surface area contributed by atoms with Crippen LogP contribution in [0.3, 0.4) is 0 Å². The van der Waals surface area contributed by atoms with Gasteiger partial charge >= 0.3 is 0 Å². The van der Waals surface area contributed by atoms with Crippen LogP contribution in [-0.2, 0) is 14.8 Å². The van der Waals surface area contributed by atoms with Crippen molar-refractivity contribution in [3.8, 4) is 0 Å². The Hall–Kier alpha value is -0.780. The Balaban J connectivity index is 2.97. The Morgan fingerprint density at radius 3 is 2.47 bits per heavy atom. The summed E-state index contributed by atoms with van der Waals surface area (Å²) in [4.78, 5) is -0.0191. The van der Waals surface area contributed by atoms with E-state index in [4.69, 9.17) is 27.9 Å². The maximum absolute atomic E-state index is 12.0. The first kappa shape index (κ1) is 16.3. The number of ether oxygens (including phenoxy) is 1. The van der Waals surface area contributed by atoms with Crippen LogP contribution in [0.2, 0.25) is 10.0 Å². The number of halogens is 2. The predicted molar refractivity (Wildman–Crippen MR) is 77.5 cm³/mol. The van der Waals surface area contributed by atoms with Gasteiger partial charge < -0.3 is 4.74 Å². The van der Waals surface area contributed by atoms with Crippen LogP contribution in [-0.4, -0.2) is 20.9 Å². The molecule has 0 heterocycles. The van der Waals surface area contributed by atoms with E-state index in [-0.39, 0.29) is 26.8 Å². The van der Waals surface area contributed by atoms with Crippen molar-refractivity contribution >= 4 is 39.1 Å². The molecule has 0 amide bonds. The fourth-order valence-electron chi connectivity index (χ4n) is 1.17. The fraction of sp³-hybridized carbons (Fsp3) is 0.417. The van der Waals surface area contributed by atoms with Crippen LogP contribution in [0, 0.1) is 5.92 Å². The normalized spacial score (nSPS) is 12.8. The van der Waals surface area contributed by atoms with Gasteiger partial charge in [0.2, 0.25) is 0 Å². The minimum absolute atomic E-state index is 0.0191. The number of rotatable bonds is 4. The third-order valence-corrected chi connectivity index (χ3v) is 4.15. The summed E-state index contributed by atoms with van der Waals surface area (Å²) in [5, 5.41) is 0.455. The van der Waals surface area contributed by atoms with E-state index in [2.05, 4.69) is 4.40 Å². The third kappa shape index (κ3) is 5.01. The van der Waals surface area contributed by atoms with Crippen molar-refractivity contribution in [1.29, 1.82) is 0 Å². The van der Waals surface area contributed by atoms with Gasteiger partial charge in [0.25, 0.3) is 10.0 Å². The molecule has 4 nitrogen and oxygen atoms in total. The van der Waals surface area contributed by atoms with Crippen molar-refractivity contribution in [2.75, 3.05) is 6.61 Å². The SMILES string of the molecule is C/C(=N\S(=O)(=O)c1ccc(Cl)c(Cl)c1)OCC(C)C. The van der Waals surface area contributed by atoms with Gasteiger partial charge in [-0.25, -0.2) is 0 Å². The van der Waals surface area contributed by atoms with Gasteiger partial charge in [0, 0.05) is 6.92 Å². The van der Waals surface area contributed by atoms with Crippen LogP contribution in [0.15, 0.2) is 27.5 Å². The van der Waals surface area contributed by atoms with Gasteiger partial charge in [-0.2, -0.15) is 8.42 Å². The van der Waals surface area contributed by atoms with Crippen molar-refractivity contribution in [1.82, 2.24) is 0 Å². The molecule has 0 fully saturated rings. The molecule has 0 saturated carbocycles. The van der Waals surface area contributed by atoms with E-state index in [1.54, 1.807) is 0 Å². The zero-order chi connectivity index (χ0) is 14.6. The molecule has 0 radical (unpaired) electrons. The lowest BCUT2D eigenvalue weighted by Crippen LogP contribution is -2.09. The minimum Gasteiger partial charge on any atom is -0.480 e. The van der Waals surface area contributed by atoms with E-state index in [1.807, 2.05) is 13.8 Å². The molecule has 0 spiro atoms. The summed E-state index contributed by atoms with van der Waals surface area (Å²) in [7, 11) is -3.83. The lowest BCUT2D eigenvalue weighted by atomic mass is 10.2. The highest BCUT2D eigenvalue weighted by atomic mass is 35.5. The molecule has 0 bridgehead atoms. The summed E-state index contributed by atoms with van der Waals surface area (Å²) < 4.78 is 32.8. The zero-order valence-corrected chi connectivity index (χ0v) is 13.2. The molecule has 0 aliphatic heterocycles. The van der Waals surface area contributed by atoms with E-state index in [0.29, 0.717) is 6.61 Å². The third-order valence-electron chi connectivity index (χ3n) is 2.06. The molecule has 0 aliphatic rings. The van der Waals surface area contributed by atoms with Crippen LogP contribution < -0.4 is 0 Å². The van der Waals surface area contributed by atoms with Gasteiger partial charge in [-0.15, -0.1) is 4.40 Å². The summed E-state index contributed by atoms with van der Waals surface area (Å²) in [6.07, 6.45) is 0. The number of hydrogen-bond acceptors (Lipinski definition) is 3. The number of hydrogen-bond donors (Lipinski definition) is 0. The number of nitrogens with zero attached hydrogens (tertiary/aromatic N) is 1. The van der Waals surface area contributed by atoms with Crippen LogP contribution >= 0.6 is 23.2 Å². The van der Waals surface area contributed by atoms with Crippen LogP contribution in [0.4, 0.5) is 0 Å². The zero-order valence-electron chi connectivity index (χ0n) is 10.9. The quantitative estimate of drug-likeness (QED) is 0.626. The second-order valence-electron chi connectivity index (χ2n) is 4.37. The molecule has 0 unspecified atom stereocenters. The highest BCUT2D eigenvalue weighted by Crippen LogP contribution is 2.25. The standard InChI is InChI=1S/C12H15Cl2NO3S/c1-8(2)7-18-9(3)15-19(16,17)10-4-5-11(13)12(14)6-10/h4-6,8H,7H2,1-3H3/b15-9+. The van der Waals surface area contributed by atoms with Crippen molar-refractivity contribution in [3.63, 3.8) is 0 Å². The first-order valence-electron chi connectivity index (χ1n) is 5.62. The molecular formula is C12H15Cl2NO3S. The summed E-state index contributed by atoms with van der Waals surface area (Å²) in [5.41, 5.74) is 0. The summed E-state index contributed by atoms with van der Waals surface area (Å²) in [5.74, 6) is 0.387. The van der Waals surface area contributed by atoms with Crippen molar-refractivity contribution in [2.45, 2.75) is 25.7 Å². The average molecular weight is 324 g/mol. The molecule has 1 rings (SSSR count). The Morgan fingerprint density at radius 2 is 1.95 bits per heavy atom. The summed E-state index contributed by atoms with van der Waals surface area (Å²) in [6.45, 7) is 5.82. The van der Waals surface area contributed by atoms with E-state index in [9.17, 15) is 8.42 Å². The first-order chi connectivity index (χ1) is 8.72. The lowest BCUT2D eigenvalue weighted by molar-refractivity contribution is 0.257. The molecule has 0 atom stereocenters.